The first-order valence-electron chi connectivity index (χ1n) is 26.7. The molecule has 0 saturated heterocycles. The molecule has 60 heavy (non-hydrogen) atoms. The molecule has 0 rings (SSSR count). The third kappa shape index (κ3) is 47.5. The van der Waals surface area contributed by atoms with E-state index in [1.165, 1.54) is 186 Å². The van der Waals surface area contributed by atoms with Crippen molar-refractivity contribution in [3.05, 3.63) is 0 Å². The van der Waals surface area contributed by atoms with E-state index in [0.717, 1.165) is 69.6 Å². The summed E-state index contributed by atoms with van der Waals surface area (Å²) >= 11 is 0. The third-order valence-electron chi connectivity index (χ3n) is 12.2. The predicted octanol–water partition coefficient (Wildman–Crippen LogP) is 17.3. The third-order valence-corrected chi connectivity index (χ3v) is 12.2. The molecular formula is C54H104O6. The number of hydrogen-bond acceptors (Lipinski definition) is 6. The van der Waals surface area contributed by atoms with Crippen LogP contribution in [0.15, 0.2) is 0 Å². The highest BCUT2D eigenvalue weighted by Gasteiger charge is 2.19. The minimum atomic E-state index is -0.761. The van der Waals surface area contributed by atoms with Crippen molar-refractivity contribution in [1.82, 2.24) is 0 Å². The van der Waals surface area contributed by atoms with Gasteiger partial charge in [0.2, 0.25) is 0 Å². The van der Waals surface area contributed by atoms with Gasteiger partial charge in [-0.05, 0) is 31.1 Å². The molecule has 0 heterocycles. The summed E-state index contributed by atoms with van der Waals surface area (Å²) in [7, 11) is 0. The Labute approximate surface area is 374 Å². The monoisotopic (exact) mass is 849 g/mol. The highest BCUT2D eigenvalue weighted by atomic mass is 16.6. The van der Waals surface area contributed by atoms with E-state index in [0.29, 0.717) is 19.3 Å². The fourth-order valence-electron chi connectivity index (χ4n) is 8.17. The van der Waals surface area contributed by atoms with Crippen LogP contribution in [0.1, 0.15) is 298 Å². The number of esters is 3. The van der Waals surface area contributed by atoms with Crippen LogP contribution in [-0.2, 0) is 28.6 Å². The molecular weight excluding hydrogens is 745 g/mol. The summed E-state index contributed by atoms with van der Waals surface area (Å²) in [4.78, 5) is 37.9. The zero-order valence-electron chi connectivity index (χ0n) is 41.1. The lowest BCUT2D eigenvalue weighted by Crippen LogP contribution is -2.30. The van der Waals surface area contributed by atoms with Crippen molar-refractivity contribution >= 4 is 17.9 Å². The summed E-state index contributed by atoms with van der Waals surface area (Å²) < 4.78 is 16.8. The number of carbonyl (C=O) groups is 3. The number of ether oxygens (including phenoxy) is 3. The molecule has 0 spiro atoms. The zero-order chi connectivity index (χ0) is 44.0. The molecule has 0 aromatic carbocycles. The Bertz CT molecular complexity index is 916. The van der Waals surface area contributed by atoms with Gasteiger partial charge in [0, 0.05) is 19.3 Å². The molecule has 1 atom stereocenters. The lowest BCUT2D eigenvalue weighted by Gasteiger charge is -2.18. The van der Waals surface area contributed by atoms with E-state index >= 15 is 0 Å². The van der Waals surface area contributed by atoms with Crippen LogP contribution in [0.5, 0.6) is 0 Å². The van der Waals surface area contributed by atoms with Gasteiger partial charge in [-0.2, -0.15) is 0 Å². The van der Waals surface area contributed by atoms with Gasteiger partial charge < -0.3 is 14.2 Å². The van der Waals surface area contributed by atoms with E-state index in [4.69, 9.17) is 14.2 Å². The molecule has 6 nitrogen and oxygen atoms in total. The van der Waals surface area contributed by atoms with E-state index < -0.39 is 6.10 Å². The largest absolute Gasteiger partial charge is 0.462 e. The predicted molar refractivity (Wildman–Crippen MR) is 256 cm³/mol. The van der Waals surface area contributed by atoms with Gasteiger partial charge in [-0.3, -0.25) is 14.4 Å². The Morgan fingerprint density at radius 1 is 0.317 bits per heavy atom. The van der Waals surface area contributed by atoms with Crippen LogP contribution in [0.3, 0.4) is 0 Å². The Hall–Kier alpha value is -1.59. The zero-order valence-corrected chi connectivity index (χ0v) is 41.1. The van der Waals surface area contributed by atoms with Gasteiger partial charge in [0.05, 0.1) is 0 Å². The van der Waals surface area contributed by atoms with Crippen molar-refractivity contribution in [2.45, 2.75) is 304 Å². The van der Waals surface area contributed by atoms with Crippen molar-refractivity contribution in [1.29, 1.82) is 0 Å². The summed E-state index contributed by atoms with van der Waals surface area (Å²) in [6.07, 6.45) is 48.2. The molecule has 0 radical (unpaired) electrons. The minimum Gasteiger partial charge on any atom is -0.462 e. The molecule has 0 N–H and O–H groups in total. The summed E-state index contributed by atoms with van der Waals surface area (Å²) in [5, 5.41) is 0. The molecule has 0 aromatic heterocycles. The molecule has 0 unspecified atom stereocenters. The number of carbonyl (C=O) groups excluding carboxylic acids is 3. The van der Waals surface area contributed by atoms with Gasteiger partial charge in [-0.15, -0.1) is 0 Å². The smallest absolute Gasteiger partial charge is 0.306 e. The fourth-order valence-corrected chi connectivity index (χ4v) is 8.17. The number of hydrogen-bond donors (Lipinski definition) is 0. The van der Waals surface area contributed by atoms with Crippen molar-refractivity contribution < 1.29 is 28.6 Å². The number of unbranched alkanes of at least 4 members (excludes halogenated alkanes) is 33. The summed E-state index contributed by atoms with van der Waals surface area (Å²) in [5.74, 6) is 0.815. The van der Waals surface area contributed by atoms with Gasteiger partial charge >= 0.3 is 17.9 Å². The SMILES string of the molecule is CCCCCCCCCCCC(=O)OC[C@@H](COC(=O)CCCCCCCCCCCCCCCCCCCCC(C)C)OC(=O)CCCCCCCCCCCC(C)C. The molecule has 0 aromatic rings. The van der Waals surface area contributed by atoms with Crippen LogP contribution in [-0.4, -0.2) is 37.2 Å². The first-order chi connectivity index (χ1) is 29.2. The maximum atomic E-state index is 12.8. The van der Waals surface area contributed by atoms with Crippen molar-refractivity contribution in [2.24, 2.45) is 11.8 Å². The lowest BCUT2D eigenvalue weighted by atomic mass is 10.0. The molecule has 0 aliphatic heterocycles. The first kappa shape index (κ1) is 58.4. The second kappa shape index (κ2) is 46.9. The van der Waals surface area contributed by atoms with E-state index in [1.807, 2.05) is 0 Å². The highest BCUT2D eigenvalue weighted by molar-refractivity contribution is 5.71. The maximum absolute atomic E-state index is 12.8. The summed E-state index contributed by atoms with van der Waals surface area (Å²) in [6, 6.07) is 0. The van der Waals surface area contributed by atoms with E-state index in [1.54, 1.807) is 0 Å². The molecule has 0 amide bonds. The van der Waals surface area contributed by atoms with Gasteiger partial charge in [0.1, 0.15) is 13.2 Å². The van der Waals surface area contributed by atoms with E-state index in [2.05, 4.69) is 34.6 Å². The van der Waals surface area contributed by atoms with Gasteiger partial charge in [-0.1, -0.05) is 259 Å². The molecule has 0 bridgehead atoms. The molecule has 0 aliphatic rings. The topological polar surface area (TPSA) is 78.9 Å². The Kier molecular flexibility index (Phi) is 45.7. The summed E-state index contributed by atoms with van der Waals surface area (Å²) in [5.41, 5.74) is 0. The van der Waals surface area contributed by atoms with Gasteiger partial charge in [0.15, 0.2) is 6.10 Å². The fraction of sp³-hybridized carbons (Fsp3) is 0.944. The standard InChI is InChI=1S/C54H104O6/c1-6-7-8-9-10-22-29-34-39-44-52(55)58-47-51(60-54(57)46-41-36-31-26-21-24-28-33-38-43-50(4)5)48-59-53(56)45-40-35-30-25-20-18-16-14-12-11-13-15-17-19-23-27-32-37-42-49(2)3/h49-51H,6-48H2,1-5H3/t51-/m0/s1. The van der Waals surface area contributed by atoms with E-state index in [9.17, 15) is 14.4 Å². The molecule has 0 saturated carbocycles. The molecule has 356 valence electrons. The lowest BCUT2D eigenvalue weighted by molar-refractivity contribution is -0.167. The van der Waals surface area contributed by atoms with Crippen molar-refractivity contribution in [3.63, 3.8) is 0 Å². The normalized spacial score (nSPS) is 12.1. The van der Waals surface area contributed by atoms with Crippen LogP contribution >= 0.6 is 0 Å². The van der Waals surface area contributed by atoms with Crippen LogP contribution in [0.4, 0.5) is 0 Å². The Balaban J connectivity index is 4.17. The Morgan fingerprint density at radius 2 is 0.550 bits per heavy atom. The maximum Gasteiger partial charge on any atom is 0.306 e. The Morgan fingerprint density at radius 3 is 0.817 bits per heavy atom. The second-order valence-electron chi connectivity index (χ2n) is 19.5. The van der Waals surface area contributed by atoms with Crippen LogP contribution in [0, 0.1) is 11.8 Å². The van der Waals surface area contributed by atoms with Gasteiger partial charge in [-0.25, -0.2) is 0 Å². The minimum absolute atomic E-state index is 0.0638. The second-order valence-corrected chi connectivity index (χ2v) is 19.5. The van der Waals surface area contributed by atoms with Gasteiger partial charge in [0.25, 0.3) is 0 Å². The number of rotatable bonds is 48. The van der Waals surface area contributed by atoms with Crippen molar-refractivity contribution in [2.75, 3.05) is 13.2 Å². The molecule has 0 fully saturated rings. The average molecular weight is 849 g/mol. The van der Waals surface area contributed by atoms with Crippen LogP contribution < -0.4 is 0 Å². The summed E-state index contributed by atoms with van der Waals surface area (Å²) in [6.45, 7) is 11.4. The van der Waals surface area contributed by atoms with Crippen LogP contribution in [0.25, 0.3) is 0 Å². The van der Waals surface area contributed by atoms with Crippen LogP contribution in [0.2, 0.25) is 0 Å². The van der Waals surface area contributed by atoms with E-state index in [-0.39, 0.29) is 31.1 Å². The molecule has 6 heteroatoms. The molecule has 0 aliphatic carbocycles. The first-order valence-corrected chi connectivity index (χ1v) is 26.7. The average Bonchev–Trinajstić information content (AvgIpc) is 3.22. The quantitative estimate of drug-likeness (QED) is 0.0345. The highest BCUT2D eigenvalue weighted by Crippen LogP contribution is 2.18. The van der Waals surface area contributed by atoms with Crippen molar-refractivity contribution in [3.8, 4) is 0 Å².